The maximum absolute atomic E-state index is 13.8. The van der Waals surface area contributed by atoms with Crippen molar-refractivity contribution in [1.29, 1.82) is 0 Å². The molecule has 232 valence electrons. The molecule has 13 heteroatoms. The van der Waals surface area contributed by atoms with E-state index in [2.05, 4.69) is 20.6 Å². The lowest BCUT2D eigenvalue weighted by molar-refractivity contribution is -0.160. The lowest BCUT2D eigenvalue weighted by Gasteiger charge is -2.29. The van der Waals surface area contributed by atoms with Gasteiger partial charge in [0.2, 0.25) is 11.8 Å². The first kappa shape index (κ1) is 32.3. The molecule has 44 heavy (non-hydrogen) atoms. The number of Topliss-reactive ketones (excluding diaryl/α,β-unsaturated/α-hetero) is 1. The second-order valence-electron chi connectivity index (χ2n) is 10.4. The zero-order valence-electron chi connectivity index (χ0n) is 24.4. The lowest BCUT2D eigenvalue weighted by Crippen LogP contribution is -2.57. The molecule has 3 aromatic rings. The molecule has 3 amide bonds. The summed E-state index contributed by atoms with van der Waals surface area (Å²) in [6, 6.07) is 16.9. The summed E-state index contributed by atoms with van der Waals surface area (Å²) >= 11 is 1.40. The molecule has 1 fully saturated rings. The third kappa shape index (κ3) is 9.17. The number of imidazole rings is 1. The van der Waals surface area contributed by atoms with Crippen LogP contribution in [0.5, 0.6) is 0 Å². The number of thioether (sulfide) groups is 1. The number of carbonyl (C=O) groups excluding carboxylic acids is 5. The number of ketones is 1. The number of esters is 1. The molecule has 0 spiro atoms. The Morgan fingerprint density at radius 2 is 1.68 bits per heavy atom. The fourth-order valence-electron chi connectivity index (χ4n) is 4.54. The second-order valence-corrected chi connectivity index (χ2v) is 11.4. The molecular weight excluding hydrogens is 586 g/mol. The summed E-state index contributed by atoms with van der Waals surface area (Å²) in [5.74, 6) is -4.02. The molecule has 0 bridgehead atoms. The van der Waals surface area contributed by atoms with Crippen molar-refractivity contribution in [2.45, 2.75) is 51.6 Å². The number of rotatable bonds is 13. The Morgan fingerprint density at radius 3 is 2.32 bits per heavy atom. The molecule has 0 radical (unpaired) electrons. The minimum atomic E-state index is -1.36. The van der Waals surface area contributed by atoms with Crippen LogP contribution in [-0.2, 0) is 48.1 Å². The molecule has 3 N–H and O–H groups in total. The molecule has 12 nitrogen and oxygen atoms in total. The molecule has 2 heterocycles. The Kier molecular flexibility index (Phi) is 11.5. The number of benzene rings is 2. The van der Waals surface area contributed by atoms with Crippen LogP contribution in [0.3, 0.4) is 0 Å². The summed E-state index contributed by atoms with van der Waals surface area (Å²) in [4.78, 5) is 74.0. The van der Waals surface area contributed by atoms with Gasteiger partial charge in [-0.1, -0.05) is 60.7 Å². The van der Waals surface area contributed by atoms with Crippen LogP contribution in [0.1, 0.15) is 30.7 Å². The molecule has 3 atom stereocenters. The standard InChI is InChI=1S/C31H35N5O7S/c1-20(2)43-30(40)27(37)24(13-21-9-5-3-6-10-21)28(38)35-26-17-44-19-36(26)29(39)25(14-23-15-32-18-33-23)34-31(41)42-16-22-11-7-4-8-12-22/h3-12,15,18,20,24-26H,13-14,16-17,19H2,1-2H3,(H,32,33)(H,34,41)(H,35,38)/t24-,25-,26+/m0/s1. The fourth-order valence-corrected chi connectivity index (χ4v) is 5.63. The largest absolute Gasteiger partial charge is 0.457 e. The first-order valence-electron chi connectivity index (χ1n) is 14.1. The van der Waals surface area contributed by atoms with Crippen LogP contribution >= 0.6 is 11.8 Å². The van der Waals surface area contributed by atoms with Crippen molar-refractivity contribution in [2.75, 3.05) is 11.6 Å². The summed E-state index contributed by atoms with van der Waals surface area (Å²) in [5.41, 5.74) is 2.08. The van der Waals surface area contributed by atoms with E-state index in [9.17, 15) is 24.0 Å². The zero-order chi connectivity index (χ0) is 31.5. The van der Waals surface area contributed by atoms with Crippen molar-refractivity contribution in [2.24, 2.45) is 5.92 Å². The van der Waals surface area contributed by atoms with Gasteiger partial charge >= 0.3 is 12.1 Å². The van der Waals surface area contributed by atoms with Gasteiger partial charge in [-0.15, -0.1) is 11.8 Å². The molecule has 0 aliphatic carbocycles. The predicted molar refractivity (Wildman–Crippen MR) is 162 cm³/mol. The highest BCUT2D eigenvalue weighted by Crippen LogP contribution is 2.22. The molecule has 4 rings (SSSR count). The highest BCUT2D eigenvalue weighted by Gasteiger charge is 2.39. The van der Waals surface area contributed by atoms with E-state index in [1.54, 1.807) is 50.4 Å². The Morgan fingerprint density at radius 1 is 1.00 bits per heavy atom. The first-order valence-corrected chi connectivity index (χ1v) is 15.3. The first-order chi connectivity index (χ1) is 21.2. The second kappa shape index (κ2) is 15.7. The van der Waals surface area contributed by atoms with Gasteiger partial charge in [0.25, 0.3) is 5.78 Å². The zero-order valence-corrected chi connectivity index (χ0v) is 25.3. The summed E-state index contributed by atoms with van der Waals surface area (Å²) < 4.78 is 10.4. The van der Waals surface area contributed by atoms with Gasteiger partial charge in [0.1, 0.15) is 24.7 Å². The summed E-state index contributed by atoms with van der Waals surface area (Å²) in [5, 5.41) is 5.43. The van der Waals surface area contributed by atoms with Crippen molar-refractivity contribution < 1.29 is 33.4 Å². The number of hydrogen-bond donors (Lipinski definition) is 3. The number of aromatic amines is 1. The quantitative estimate of drug-likeness (QED) is 0.148. The summed E-state index contributed by atoms with van der Waals surface area (Å²) in [6.45, 7) is 3.25. The number of nitrogens with zero attached hydrogens (tertiary/aromatic N) is 2. The molecule has 1 aromatic heterocycles. The predicted octanol–water partition coefficient (Wildman–Crippen LogP) is 2.60. The summed E-state index contributed by atoms with van der Waals surface area (Å²) in [6.07, 6.45) is 0.972. The number of amides is 3. The average molecular weight is 622 g/mol. The Labute approximate surface area is 259 Å². The lowest BCUT2D eigenvalue weighted by atomic mass is 9.94. The fraction of sp³-hybridized carbons (Fsp3) is 0.355. The van der Waals surface area contributed by atoms with E-state index in [1.165, 1.54) is 23.0 Å². The normalized spacial score (nSPS) is 15.7. The minimum absolute atomic E-state index is 0.0198. The number of nitrogens with one attached hydrogen (secondary N) is 3. The Hall–Kier alpha value is -4.65. The highest BCUT2D eigenvalue weighted by atomic mass is 32.2. The number of ether oxygens (including phenoxy) is 2. The van der Waals surface area contributed by atoms with Gasteiger partial charge < -0.3 is 30.0 Å². The van der Waals surface area contributed by atoms with Gasteiger partial charge in [0.05, 0.1) is 18.3 Å². The van der Waals surface area contributed by atoms with Crippen LogP contribution in [-0.4, -0.2) is 74.5 Å². The number of hydrogen-bond acceptors (Lipinski definition) is 9. The van der Waals surface area contributed by atoms with Gasteiger partial charge in [-0.25, -0.2) is 14.6 Å². The van der Waals surface area contributed by atoms with Crippen LogP contribution in [0.15, 0.2) is 73.2 Å². The van der Waals surface area contributed by atoms with Crippen molar-refractivity contribution in [3.05, 3.63) is 90.0 Å². The van der Waals surface area contributed by atoms with E-state index in [-0.39, 0.29) is 25.3 Å². The SMILES string of the molecule is CC(C)OC(=O)C(=O)[C@H](Cc1ccccc1)C(=O)N[C@H]1CSCN1C(=O)[C@H](Cc1cnc[nH]1)NC(=O)OCc1ccccc1. The third-order valence-corrected chi connectivity index (χ3v) is 7.73. The van der Waals surface area contributed by atoms with Crippen molar-refractivity contribution in [1.82, 2.24) is 25.5 Å². The number of aromatic nitrogens is 2. The molecule has 0 saturated carbocycles. The third-order valence-electron chi connectivity index (χ3n) is 6.72. The van der Waals surface area contributed by atoms with Crippen LogP contribution < -0.4 is 10.6 Å². The van der Waals surface area contributed by atoms with Crippen molar-refractivity contribution in [3.8, 4) is 0 Å². The monoisotopic (exact) mass is 621 g/mol. The van der Waals surface area contributed by atoms with Gasteiger partial charge in [0, 0.05) is 24.1 Å². The van der Waals surface area contributed by atoms with Crippen LogP contribution in [0, 0.1) is 5.92 Å². The van der Waals surface area contributed by atoms with E-state index in [4.69, 9.17) is 9.47 Å². The van der Waals surface area contributed by atoms with Crippen LogP contribution in [0.2, 0.25) is 0 Å². The van der Waals surface area contributed by atoms with Gasteiger partial charge in [-0.05, 0) is 31.4 Å². The van der Waals surface area contributed by atoms with E-state index >= 15 is 0 Å². The Balaban J connectivity index is 1.47. The molecule has 1 aliphatic heterocycles. The van der Waals surface area contributed by atoms with Crippen LogP contribution in [0.4, 0.5) is 4.79 Å². The van der Waals surface area contributed by atoms with E-state index in [0.717, 1.165) is 5.56 Å². The van der Waals surface area contributed by atoms with Crippen molar-refractivity contribution in [3.63, 3.8) is 0 Å². The van der Waals surface area contributed by atoms with E-state index < -0.39 is 53.9 Å². The number of carbonyl (C=O) groups is 5. The van der Waals surface area contributed by atoms with E-state index in [1.807, 2.05) is 30.3 Å². The van der Waals surface area contributed by atoms with Crippen molar-refractivity contribution >= 4 is 41.4 Å². The molecule has 2 aromatic carbocycles. The smallest absolute Gasteiger partial charge is 0.408 e. The molecule has 0 unspecified atom stereocenters. The van der Waals surface area contributed by atoms with E-state index in [0.29, 0.717) is 17.0 Å². The van der Waals surface area contributed by atoms with Crippen LogP contribution in [0.25, 0.3) is 0 Å². The maximum atomic E-state index is 13.8. The minimum Gasteiger partial charge on any atom is -0.457 e. The molecule has 1 saturated heterocycles. The van der Waals surface area contributed by atoms with Gasteiger partial charge in [-0.2, -0.15) is 0 Å². The average Bonchev–Trinajstić information content (AvgIpc) is 3.71. The summed E-state index contributed by atoms with van der Waals surface area (Å²) in [7, 11) is 0. The Bertz CT molecular complexity index is 1420. The number of alkyl carbamates (subject to hydrolysis) is 1. The molecular formula is C31H35N5O7S. The topological polar surface area (TPSA) is 160 Å². The van der Waals surface area contributed by atoms with Gasteiger partial charge in [-0.3, -0.25) is 14.4 Å². The highest BCUT2D eigenvalue weighted by molar-refractivity contribution is 7.99. The maximum Gasteiger partial charge on any atom is 0.408 e. The van der Waals surface area contributed by atoms with Gasteiger partial charge in [0.15, 0.2) is 0 Å². The molecule has 1 aliphatic rings. The number of H-pyrrole nitrogens is 1.